The highest BCUT2D eigenvalue weighted by atomic mass is 32.2. The summed E-state index contributed by atoms with van der Waals surface area (Å²) in [6.07, 6.45) is 2.79. The highest BCUT2D eigenvalue weighted by Gasteiger charge is 2.18. The average molecular weight is 237 g/mol. The normalized spacial score (nSPS) is 11.6. The standard InChI is InChI=1S/C10H11N3O2S/c1-13-7-10(6-12-13)16(14,15)9-4-2-8(11)3-5-9/h2-7H,11H2,1H3. The minimum absolute atomic E-state index is 0.180. The molecule has 84 valence electrons. The van der Waals surface area contributed by atoms with Gasteiger partial charge in [-0.25, -0.2) is 8.42 Å². The van der Waals surface area contributed by atoms with Crippen LogP contribution in [0, 0.1) is 0 Å². The lowest BCUT2D eigenvalue weighted by molar-refractivity contribution is 0.596. The summed E-state index contributed by atoms with van der Waals surface area (Å²) in [5.74, 6) is 0. The van der Waals surface area contributed by atoms with E-state index in [-0.39, 0.29) is 9.79 Å². The summed E-state index contributed by atoms with van der Waals surface area (Å²) < 4.78 is 25.6. The zero-order chi connectivity index (χ0) is 11.8. The Labute approximate surface area is 93.4 Å². The number of nitrogens with zero attached hydrogens (tertiary/aromatic N) is 2. The van der Waals surface area contributed by atoms with E-state index in [0.29, 0.717) is 5.69 Å². The van der Waals surface area contributed by atoms with Crippen molar-refractivity contribution in [2.45, 2.75) is 9.79 Å². The fourth-order valence-electron chi connectivity index (χ4n) is 1.32. The lowest BCUT2D eigenvalue weighted by Gasteiger charge is -2.01. The van der Waals surface area contributed by atoms with Crippen molar-refractivity contribution >= 4 is 15.5 Å². The molecule has 0 aliphatic carbocycles. The number of nitrogen functional groups attached to an aromatic ring is 1. The van der Waals surface area contributed by atoms with Crippen molar-refractivity contribution in [2.24, 2.45) is 7.05 Å². The van der Waals surface area contributed by atoms with E-state index in [2.05, 4.69) is 5.10 Å². The van der Waals surface area contributed by atoms with Gasteiger partial charge in [0.2, 0.25) is 9.84 Å². The van der Waals surface area contributed by atoms with Crippen molar-refractivity contribution in [1.29, 1.82) is 0 Å². The minimum Gasteiger partial charge on any atom is -0.399 e. The molecule has 0 saturated carbocycles. The molecular weight excluding hydrogens is 226 g/mol. The molecule has 16 heavy (non-hydrogen) atoms. The van der Waals surface area contributed by atoms with Crippen LogP contribution in [0.25, 0.3) is 0 Å². The topological polar surface area (TPSA) is 78.0 Å². The number of anilines is 1. The van der Waals surface area contributed by atoms with Crippen LogP contribution in [0.5, 0.6) is 0 Å². The predicted octanol–water partition coefficient (Wildman–Crippen LogP) is 0.835. The van der Waals surface area contributed by atoms with Gasteiger partial charge < -0.3 is 5.73 Å². The summed E-state index contributed by atoms with van der Waals surface area (Å²) in [4.78, 5) is 0.398. The highest BCUT2D eigenvalue weighted by Crippen LogP contribution is 2.20. The molecule has 0 radical (unpaired) electrons. The molecular formula is C10H11N3O2S. The Bertz CT molecular complexity index is 599. The van der Waals surface area contributed by atoms with Gasteiger partial charge in [0.1, 0.15) is 4.90 Å². The van der Waals surface area contributed by atoms with E-state index < -0.39 is 9.84 Å². The molecule has 1 heterocycles. The molecule has 0 spiro atoms. The third-order valence-corrected chi connectivity index (χ3v) is 3.91. The van der Waals surface area contributed by atoms with Gasteiger partial charge in [-0.2, -0.15) is 5.10 Å². The minimum atomic E-state index is -3.47. The van der Waals surface area contributed by atoms with Crippen LogP contribution < -0.4 is 5.73 Å². The number of benzene rings is 1. The van der Waals surface area contributed by atoms with Crippen LogP contribution in [-0.2, 0) is 16.9 Å². The Balaban J connectivity index is 2.51. The fraction of sp³-hybridized carbons (Fsp3) is 0.100. The molecule has 0 amide bonds. The Morgan fingerprint density at radius 1 is 1.19 bits per heavy atom. The SMILES string of the molecule is Cn1cc(S(=O)(=O)c2ccc(N)cc2)cn1. The molecule has 0 bridgehead atoms. The number of sulfone groups is 1. The number of rotatable bonds is 2. The summed E-state index contributed by atoms with van der Waals surface area (Å²) in [6, 6.07) is 6.09. The first-order chi connectivity index (χ1) is 7.50. The first-order valence-electron chi connectivity index (χ1n) is 4.59. The van der Waals surface area contributed by atoms with Gasteiger partial charge in [-0.1, -0.05) is 0 Å². The maximum absolute atomic E-state index is 12.1. The van der Waals surface area contributed by atoms with E-state index in [1.54, 1.807) is 19.2 Å². The van der Waals surface area contributed by atoms with Gasteiger partial charge in [-0.3, -0.25) is 4.68 Å². The van der Waals surface area contributed by atoms with E-state index >= 15 is 0 Å². The van der Waals surface area contributed by atoms with Crippen molar-refractivity contribution in [1.82, 2.24) is 9.78 Å². The number of hydrogen-bond donors (Lipinski definition) is 1. The van der Waals surface area contributed by atoms with E-state index in [9.17, 15) is 8.42 Å². The van der Waals surface area contributed by atoms with Crippen molar-refractivity contribution in [2.75, 3.05) is 5.73 Å². The van der Waals surface area contributed by atoms with E-state index in [1.165, 1.54) is 29.2 Å². The van der Waals surface area contributed by atoms with Crippen LogP contribution >= 0.6 is 0 Å². The monoisotopic (exact) mass is 237 g/mol. The number of hydrogen-bond acceptors (Lipinski definition) is 4. The van der Waals surface area contributed by atoms with Crippen LogP contribution in [-0.4, -0.2) is 18.2 Å². The molecule has 1 aromatic heterocycles. The maximum atomic E-state index is 12.1. The molecule has 0 saturated heterocycles. The summed E-state index contributed by atoms with van der Waals surface area (Å²) in [6.45, 7) is 0. The lowest BCUT2D eigenvalue weighted by Crippen LogP contribution is -2.01. The Morgan fingerprint density at radius 2 is 1.81 bits per heavy atom. The smallest absolute Gasteiger partial charge is 0.209 e. The molecule has 2 N–H and O–H groups in total. The summed E-state index contributed by atoms with van der Waals surface area (Å²) >= 11 is 0. The zero-order valence-electron chi connectivity index (χ0n) is 8.66. The van der Waals surface area contributed by atoms with Crippen molar-refractivity contribution < 1.29 is 8.42 Å². The van der Waals surface area contributed by atoms with Gasteiger partial charge in [0.25, 0.3) is 0 Å². The van der Waals surface area contributed by atoms with Gasteiger partial charge in [-0.15, -0.1) is 0 Å². The average Bonchev–Trinajstić information content (AvgIpc) is 2.66. The molecule has 5 nitrogen and oxygen atoms in total. The van der Waals surface area contributed by atoms with Gasteiger partial charge in [0, 0.05) is 18.9 Å². The molecule has 0 unspecified atom stereocenters. The molecule has 1 aromatic carbocycles. The maximum Gasteiger partial charge on any atom is 0.209 e. The summed E-state index contributed by atoms with van der Waals surface area (Å²) in [5.41, 5.74) is 6.03. The Kier molecular flexibility index (Phi) is 2.43. The first kappa shape index (κ1) is 10.7. The van der Waals surface area contributed by atoms with Gasteiger partial charge in [0.05, 0.1) is 11.1 Å². The Morgan fingerprint density at radius 3 is 2.31 bits per heavy atom. The molecule has 2 aromatic rings. The Hall–Kier alpha value is -1.82. The third kappa shape index (κ3) is 1.79. The van der Waals surface area contributed by atoms with E-state index in [0.717, 1.165) is 0 Å². The zero-order valence-corrected chi connectivity index (χ0v) is 9.48. The second kappa shape index (κ2) is 3.64. The molecule has 6 heteroatoms. The second-order valence-corrected chi connectivity index (χ2v) is 5.37. The largest absolute Gasteiger partial charge is 0.399 e. The highest BCUT2D eigenvalue weighted by molar-refractivity contribution is 7.91. The van der Waals surface area contributed by atoms with Crippen molar-refractivity contribution in [3.8, 4) is 0 Å². The van der Waals surface area contributed by atoms with Gasteiger partial charge >= 0.3 is 0 Å². The first-order valence-corrected chi connectivity index (χ1v) is 6.08. The second-order valence-electron chi connectivity index (χ2n) is 3.42. The molecule has 0 aliphatic heterocycles. The summed E-state index contributed by atoms with van der Waals surface area (Å²) in [7, 11) is -1.81. The number of aromatic nitrogens is 2. The van der Waals surface area contributed by atoms with E-state index in [1.807, 2.05) is 0 Å². The number of nitrogens with two attached hydrogens (primary N) is 1. The van der Waals surface area contributed by atoms with Crippen LogP contribution in [0.1, 0.15) is 0 Å². The van der Waals surface area contributed by atoms with Crippen molar-refractivity contribution in [3.63, 3.8) is 0 Å². The van der Waals surface area contributed by atoms with E-state index in [4.69, 9.17) is 5.73 Å². The third-order valence-electron chi connectivity index (χ3n) is 2.18. The van der Waals surface area contributed by atoms with Crippen LogP contribution in [0.2, 0.25) is 0 Å². The van der Waals surface area contributed by atoms with Gasteiger partial charge in [-0.05, 0) is 24.3 Å². The molecule has 2 rings (SSSR count). The van der Waals surface area contributed by atoms with Crippen LogP contribution in [0.4, 0.5) is 5.69 Å². The quantitative estimate of drug-likeness (QED) is 0.785. The number of aryl methyl sites for hydroxylation is 1. The van der Waals surface area contributed by atoms with Gasteiger partial charge in [0.15, 0.2) is 0 Å². The summed E-state index contributed by atoms with van der Waals surface area (Å²) in [5, 5.41) is 3.84. The molecule has 0 atom stereocenters. The van der Waals surface area contributed by atoms with Crippen LogP contribution in [0.3, 0.4) is 0 Å². The molecule has 0 fully saturated rings. The molecule has 0 aliphatic rings. The lowest BCUT2D eigenvalue weighted by atomic mass is 10.3. The van der Waals surface area contributed by atoms with Crippen LogP contribution in [0.15, 0.2) is 46.5 Å². The predicted molar refractivity (Wildman–Crippen MR) is 59.5 cm³/mol. The fourth-order valence-corrected chi connectivity index (χ4v) is 2.56. The van der Waals surface area contributed by atoms with Crippen molar-refractivity contribution in [3.05, 3.63) is 36.7 Å².